The summed E-state index contributed by atoms with van der Waals surface area (Å²) in [5.74, 6) is -0.720. The summed E-state index contributed by atoms with van der Waals surface area (Å²) < 4.78 is 35.0. The standard InChI is InChI=1S/C10H7BrClFN2O5S/c11-6-2-9(15(17)18)8(3-7(6)12)14-4-5(1-10(14)16)21(13,19)20/h2-3,5H,1,4H2. The first-order valence-electron chi connectivity index (χ1n) is 5.48. The molecule has 11 heteroatoms. The van der Waals surface area contributed by atoms with Crippen LogP contribution in [0.25, 0.3) is 0 Å². The van der Waals surface area contributed by atoms with Gasteiger partial charge < -0.3 is 4.90 Å². The van der Waals surface area contributed by atoms with Crippen LogP contribution in [-0.2, 0) is 15.0 Å². The van der Waals surface area contributed by atoms with Gasteiger partial charge in [-0.15, -0.1) is 3.89 Å². The van der Waals surface area contributed by atoms with Crippen LogP contribution < -0.4 is 4.90 Å². The fourth-order valence-corrected chi connectivity index (χ4v) is 3.14. The van der Waals surface area contributed by atoms with Gasteiger partial charge in [0.15, 0.2) is 0 Å². The van der Waals surface area contributed by atoms with E-state index in [2.05, 4.69) is 15.9 Å². The zero-order valence-electron chi connectivity index (χ0n) is 10.1. The lowest BCUT2D eigenvalue weighted by Crippen LogP contribution is -2.27. The van der Waals surface area contributed by atoms with E-state index >= 15 is 0 Å². The highest BCUT2D eigenvalue weighted by atomic mass is 79.9. The molecule has 0 aliphatic carbocycles. The number of hydrogen-bond donors (Lipinski definition) is 0. The molecule has 1 atom stereocenters. The number of rotatable bonds is 3. The first-order chi connectivity index (χ1) is 9.61. The molecular formula is C10H7BrClFN2O5S. The number of nitro groups is 1. The third-order valence-corrected chi connectivity index (χ3v) is 5.30. The van der Waals surface area contributed by atoms with E-state index in [1.807, 2.05) is 0 Å². The molecule has 1 aliphatic rings. The molecule has 2 rings (SSSR count). The zero-order valence-corrected chi connectivity index (χ0v) is 13.3. The molecule has 21 heavy (non-hydrogen) atoms. The van der Waals surface area contributed by atoms with Crippen molar-refractivity contribution >= 4 is 55.0 Å². The van der Waals surface area contributed by atoms with E-state index in [-0.39, 0.29) is 15.2 Å². The number of nitro benzene ring substituents is 1. The molecule has 0 spiro atoms. The van der Waals surface area contributed by atoms with E-state index in [4.69, 9.17) is 11.6 Å². The molecule has 1 amide bonds. The van der Waals surface area contributed by atoms with E-state index in [0.717, 1.165) is 17.0 Å². The first-order valence-corrected chi connectivity index (χ1v) is 8.10. The van der Waals surface area contributed by atoms with E-state index < -0.39 is 45.0 Å². The Labute approximate surface area is 132 Å². The summed E-state index contributed by atoms with van der Waals surface area (Å²) in [4.78, 5) is 23.0. The summed E-state index contributed by atoms with van der Waals surface area (Å²) in [5.41, 5.74) is -0.596. The minimum atomic E-state index is -4.90. The number of hydrogen-bond acceptors (Lipinski definition) is 5. The van der Waals surface area contributed by atoms with Gasteiger partial charge in [0.05, 0.1) is 9.95 Å². The highest BCUT2D eigenvalue weighted by Crippen LogP contribution is 2.38. The van der Waals surface area contributed by atoms with Gasteiger partial charge >= 0.3 is 10.2 Å². The van der Waals surface area contributed by atoms with Crippen LogP contribution in [0.3, 0.4) is 0 Å². The van der Waals surface area contributed by atoms with Crippen molar-refractivity contribution in [2.45, 2.75) is 11.7 Å². The van der Waals surface area contributed by atoms with Crippen LogP contribution in [-0.4, -0.2) is 31.0 Å². The molecule has 0 bridgehead atoms. The number of anilines is 1. The fourth-order valence-electron chi connectivity index (χ4n) is 1.98. The quantitative estimate of drug-likeness (QED) is 0.440. The molecule has 1 aromatic rings. The lowest BCUT2D eigenvalue weighted by atomic mass is 10.2. The van der Waals surface area contributed by atoms with Crippen LogP contribution >= 0.6 is 27.5 Å². The van der Waals surface area contributed by atoms with Crippen LogP contribution in [0.4, 0.5) is 15.3 Å². The molecule has 1 aliphatic heterocycles. The van der Waals surface area contributed by atoms with Gasteiger partial charge in [-0.1, -0.05) is 11.6 Å². The summed E-state index contributed by atoms with van der Waals surface area (Å²) in [7, 11) is -4.90. The van der Waals surface area contributed by atoms with Crippen molar-refractivity contribution in [3.05, 3.63) is 31.7 Å². The van der Waals surface area contributed by atoms with Crippen molar-refractivity contribution in [3.8, 4) is 0 Å². The van der Waals surface area contributed by atoms with Crippen molar-refractivity contribution in [2.24, 2.45) is 0 Å². The van der Waals surface area contributed by atoms with E-state index in [1.165, 1.54) is 0 Å². The maximum absolute atomic E-state index is 13.0. The van der Waals surface area contributed by atoms with Gasteiger partial charge in [-0.25, -0.2) is 0 Å². The predicted molar refractivity (Wildman–Crippen MR) is 76.6 cm³/mol. The first kappa shape index (κ1) is 16.1. The van der Waals surface area contributed by atoms with Crippen LogP contribution in [0.1, 0.15) is 6.42 Å². The molecule has 1 aromatic carbocycles. The Balaban J connectivity index is 2.50. The van der Waals surface area contributed by atoms with E-state index in [0.29, 0.717) is 0 Å². The second-order valence-corrected chi connectivity index (χ2v) is 7.20. The van der Waals surface area contributed by atoms with Crippen molar-refractivity contribution in [3.63, 3.8) is 0 Å². The monoisotopic (exact) mass is 400 g/mol. The molecule has 1 fully saturated rings. The molecule has 0 N–H and O–H groups in total. The SMILES string of the molecule is O=C1CC(S(=O)(=O)F)CN1c1cc(Cl)c(Br)cc1[N+](=O)[O-]. The minimum Gasteiger partial charge on any atom is -0.305 e. The van der Waals surface area contributed by atoms with Gasteiger partial charge in [0.25, 0.3) is 5.69 Å². The fraction of sp³-hybridized carbons (Fsp3) is 0.300. The Morgan fingerprint density at radius 3 is 2.57 bits per heavy atom. The lowest BCUT2D eigenvalue weighted by Gasteiger charge is -2.16. The molecule has 0 saturated carbocycles. The van der Waals surface area contributed by atoms with Gasteiger partial charge in [-0.3, -0.25) is 14.9 Å². The molecule has 1 unspecified atom stereocenters. The van der Waals surface area contributed by atoms with Crippen molar-refractivity contribution in [1.82, 2.24) is 0 Å². The molecule has 1 heterocycles. The van der Waals surface area contributed by atoms with Crippen LogP contribution in [0.15, 0.2) is 16.6 Å². The second kappa shape index (κ2) is 5.50. The summed E-state index contributed by atoms with van der Waals surface area (Å²) in [6, 6.07) is 2.26. The summed E-state index contributed by atoms with van der Waals surface area (Å²) in [6.07, 6.45) is -0.566. The van der Waals surface area contributed by atoms with Gasteiger partial charge in [0.2, 0.25) is 5.91 Å². The number of benzene rings is 1. The molecular weight excluding hydrogens is 395 g/mol. The Kier molecular flexibility index (Phi) is 4.22. The Bertz CT molecular complexity index is 741. The molecule has 1 saturated heterocycles. The normalized spacial score (nSPS) is 19.1. The third kappa shape index (κ3) is 3.16. The smallest absolute Gasteiger partial charge is 0.305 e. The molecule has 0 aromatic heterocycles. The molecule has 0 radical (unpaired) electrons. The maximum atomic E-state index is 13.0. The number of carbonyl (C=O) groups excluding carboxylic acids is 1. The number of carbonyl (C=O) groups is 1. The Morgan fingerprint density at radius 2 is 2.10 bits per heavy atom. The highest BCUT2D eigenvalue weighted by molar-refractivity contribution is 9.10. The minimum absolute atomic E-state index is 0.106. The molecule has 114 valence electrons. The van der Waals surface area contributed by atoms with Crippen LogP contribution in [0, 0.1) is 10.1 Å². The second-order valence-electron chi connectivity index (χ2n) is 4.32. The average molecular weight is 402 g/mol. The topological polar surface area (TPSA) is 97.6 Å². The van der Waals surface area contributed by atoms with E-state index in [9.17, 15) is 27.2 Å². The van der Waals surface area contributed by atoms with Gasteiger partial charge in [0.1, 0.15) is 10.9 Å². The third-order valence-electron chi connectivity index (χ3n) is 2.99. The summed E-state index contributed by atoms with van der Waals surface area (Å²) in [5, 5.41) is 9.61. The van der Waals surface area contributed by atoms with Crippen molar-refractivity contribution in [2.75, 3.05) is 11.4 Å². The zero-order chi connectivity index (χ0) is 15.9. The highest BCUT2D eigenvalue weighted by Gasteiger charge is 2.41. The van der Waals surface area contributed by atoms with Crippen LogP contribution in [0.5, 0.6) is 0 Å². The summed E-state index contributed by atoms with van der Waals surface area (Å²) >= 11 is 8.86. The van der Waals surface area contributed by atoms with Gasteiger partial charge in [0, 0.05) is 23.5 Å². The van der Waals surface area contributed by atoms with Gasteiger partial charge in [-0.2, -0.15) is 8.42 Å². The van der Waals surface area contributed by atoms with Crippen molar-refractivity contribution < 1.29 is 22.0 Å². The predicted octanol–water partition coefficient (Wildman–Crippen LogP) is 2.42. The average Bonchev–Trinajstić information content (AvgIpc) is 2.74. The van der Waals surface area contributed by atoms with Crippen molar-refractivity contribution in [1.29, 1.82) is 0 Å². The molecule has 7 nitrogen and oxygen atoms in total. The van der Waals surface area contributed by atoms with E-state index in [1.54, 1.807) is 0 Å². The van der Waals surface area contributed by atoms with Gasteiger partial charge in [-0.05, 0) is 22.0 Å². The number of amides is 1. The number of nitrogens with zero attached hydrogens (tertiary/aromatic N) is 2. The Morgan fingerprint density at radius 1 is 1.48 bits per heavy atom. The Hall–Kier alpha value is -1.26. The lowest BCUT2D eigenvalue weighted by molar-refractivity contribution is -0.384. The number of halogens is 3. The summed E-state index contributed by atoms with van der Waals surface area (Å²) in [6.45, 7) is -0.490. The van der Waals surface area contributed by atoms with Crippen LogP contribution in [0.2, 0.25) is 5.02 Å². The maximum Gasteiger partial charge on any atom is 0.307 e. The largest absolute Gasteiger partial charge is 0.307 e.